The van der Waals surface area contributed by atoms with Gasteiger partial charge in [-0.25, -0.2) is 0 Å². The topological polar surface area (TPSA) is 242 Å². The number of ketones is 1. The first-order valence-electron chi connectivity index (χ1n) is 35.8. The van der Waals surface area contributed by atoms with Crippen LogP contribution in [-0.4, -0.2) is 106 Å². The molecule has 0 bridgehead atoms. The molecule has 0 radical (unpaired) electrons. The van der Waals surface area contributed by atoms with Crippen LogP contribution in [0.5, 0.6) is 0 Å². The van der Waals surface area contributed by atoms with Gasteiger partial charge in [-0.1, -0.05) is 229 Å². The Morgan fingerprint density at radius 1 is 0.366 bits per heavy atom. The summed E-state index contributed by atoms with van der Waals surface area (Å²) in [5.41, 5.74) is 0. The highest BCUT2D eigenvalue weighted by atomic mass is 16.6. The Kier molecular flexibility index (Phi) is 110. The maximum Gasteiger partial charge on any atom is 0.320 e. The maximum absolute atomic E-state index is 11.3. The molecule has 0 heterocycles. The van der Waals surface area contributed by atoms with E-state index < -0.39 is 29.8 Å². The maximum atomic E-state index is 11.3. The largest absolute Gasteiger partial charge is 0.481 e. The lowest BCUT2D eigenvalue weighted by molar-refractivity contribution is -0.161. The van der Waals surface area contributed by atoms with Crippen molar-refractivity contribution in [3.05, 3.63) is 88.1 Å². The summed E-state index contributed by atoms with van der Waals surface area (Å²) in [6.45, 7) is 57.7. The average Bonchev–Trinajstić information content (AvgIpc) is 3.71. The zero-order chi connectivity index (χ0) is 74.1. The minimum Gasteiger partial charge on any atom is -0.481 e. The molecular formula is C79H152O14. The minimum absolute atomic E-state index is 0.00694. The Bertz CT molecular complexity index is 1480. The van der Waals surface area contributed by atoms with Gasteiger partial charge in [-0.05, 0) is 132 Å². The summed E-state index contributed by atoms with van der Waals surface area (Å²) in [5.74, 6) is 1.96. The Labute approximate surface area is 573 Å². The summed E-state index contributed by atoms with van der Waals surface area (Å²) in [5, 5.41) is 50.8. The molecule has 0 saturated carbocycles. The van der Waals surface area contributed by atoms with Gasteiger partial charge in [0.25, 0.3) is 0 Å². The number of carbonyl (C=O) groups excluding carboxylic acids is 4. The van der Waals surface area contributed by atoms with Crippen molar-refractivity contribution in [1.82, 2.24) is 0 Å². The molecule has 14 heteroatoms. The van der Waals surface area contributed by atoms with Crippen molar-refractivity contribution >= 4 is 35.9 Å². The second kappa shape index (κ2) is 93.6. The van der Waals surface area contributed by atoms with Gasteiger partial charge in [0.15, 0.2) is 11.7 Å². The van der Waals surface area contributed by atoms with Crippen molar-refractivity contribution in [2.45, 2.75) is 285 Å². The Hall–Kier alpha value is -4.76. The minimum atomic E-state index is -0.868. The second-order valence-electron chi connectivity index (χ2n) is 23.0. The van der Waals surface area contributed by atoms with Gasteiger partial charge >= 0.3 is 23.9 Å². The van der Waals surface area contributed by atoms with E-state index in [1.807, 2.05) is 44.2 Å². The highest BCUT2D eigenvalue weighted by Gasteiger charge is 2.27. The molecule has 552 valence electrons. The van der Waals surface area contributed by atoms with Gasteiger partial charge in [-0.2, -0.15) is 0 Å². The smallest absolute Gasteiger partial charge is 0.320 e. The molecule has 0 aliphatic rings. The fraction of sp³-hybridized carbons (Fsp3) is 0.747. The predicted molar refractivity (Wildman–Crippen MR) is 398 cm³/mol. The normalized spacial score (nSPS) is 10.7. The third-order valence-electron chi connectivity index (χ3n) is 15.9. The van der Waals surface area contributed by atoms with Gasteiger partial charge in [-0.3, -0.25) is 24.0 Å². The van der Waals surface area contributed by atoms with Gasteiger partial charge in [0.2, 0.25) is 0 Å². The number of carbonyl (C=O) groups is 6. The molecule has 93 heavy (non-hydrogen) atoms. The van der Waals surface area contributed by atoms with Crippen LogP contribution in [0.25, 0.3) is 0 Å². The highest BCUT2D eigenvalue weighted by molar-refractivity contribution is 5.95. The molecule has 2 unspecified atom stereocenters. The van der Waals surface area contributed by atoms with E-state index in [9.17, 15) is 28.8 Å². The molecule has 0 spiro atoms. The van der Waals surface area contributed by atoms with Gasteiger partial charge in [0, 0.05) is 51.6 Å². The van der Waals surface area contributed by atoms with E-state index in [2.05, 4.69) is 123 Å². The molecule has 6 N–H and O–H groups in total. The third-order valence-corrected chi connectivity index (χ3v) is 15.9. The van der Waals surface area contributed by atoms with E-state index in [1.54, 1.807) is 32.9 Å². The van der Waals surface area contributed by atoms with Crippen LogP contribution >= 0.6 is 0 Å². The highest BCUT2D eigenvalue weighted by Crippen LogP contribution is 2.17. The summed E-state index contributed by atoms with van der Waals surface area (Å²) >= 11 is 0. The Morgan fingerprint density at radius 3 is 0.828 bits per heavy atom. The fourth-order valence-electron chi connectivity index (χ4n) is 8.18. The zero-order valence-electron chi connectivity index (χ0n) is 63.3. The van der Waals surface area contributed by atoms with Crippen LogP contribution in [0.3, 0.4) is 0 Å². The molecule has 0 aliphatic heterocycles. The van der Waals surface area contributed by atoms with Crippen molar-refractivity contribution in [2.75, 3.05) is 39.6 Å². The number of aliphatic hydroxyl groups excluding tert-OH is 4. The summed E-state index contributed by atoms with van der Waals surface area (Å²) < 4.78 is 9.47. The molecular weight excluding hydrogens is 1170 g/mol. The van der Waals surface area contributed by atoms with Crippen molar-refractivity contribution < 1.29 is 68.9 Å². The van der Waals surface area contributed by atoms with Crippen LogP contribution in [-0.2, 0) is 38.2 Å². The van der Waals surface area contributed by atoms with Gasteiger partial charge in [-0.15, -0.1) is 39.5 Å². The fourth-order valence-corrected chi connectivity index (χ4v) is 8.18. The first kappa shape index (κ1) is 110. The lowest BCUT2D eigenvalue weighted by Gasteiger charge is -2.11. The quantitative estimate of drug-likeness (QED) is 0.0109. The number of esters is 2. The molecule has 0 saturated heterocycles. The SMILES string of the molecule is C=CCC(C(=O)OCC)C(=O)OCC.C=CCC(CC)CC.C=CCC(CC)CC.C=CCC(CC)CO.C=CCC(CC)CO.C=CCC(CO)CO.CCC(CC)C/C=C/C(C)=O.CCC(CC)CC(=O)O.CCC(CC)CC=O.CCC(CC)CCCC(=O)O. The van der Waals surface area contributed by atoms with Crippen molar-refractivity contribution in [1.29, 1.82) is 0 Å². The predicted octanol–water partition coefficient (Wildman–Crippen LogP) is 20.2. The van der Waals surface area contributed by atoms with Crippen LogP contribution in [0.4, 0.5) is 0 Å². The summed E-state index contributed by atoms with van der Waals surface area (Å²) in [7, 11) is 0. The van der Waals surface area contributed by atoms with Crippen LogP contribution in [0.2, 0.25) is 0 Å². The van der Waals surface area contributed by atoms with E-state index in [1.165, 1.54) is 70.3 Å². The van der Waals surface area contributed by atoms with Gasteiger partial charge in [0.1, 0.15) is 6.29 Å². The van der Waals surface area contributed by atoms with E-state index >= 15 is 0 Å². The lowest BCUT2D eigenvalue weighted by Crippen LogP contribution is -2.27. The number of aliphatic carboxylic acids is 2. The first-order valence-corrected chi connectivity index (χ1v) is 35.8. The molecule has 2 atom stereocenters. The van der Waals surface area contributed by atoms with Crippen molar-refractivity contribution in [3.63, 3.8) is 0 Å². The van der Waals surface area contributed by atoms with E-state index in [-0.39, 0.29) is 44.5 Å². The van der Waals surface area contributed by atoms with Crippen LogP contribution in [0, 0.1) is 59.2 Å². The number of allylic oxidation sites excluding steroid dienone is 8. The number of carboxylic acid groups (broad SMARTS) is 2. The number of ether oxygens (including phenoxy) is 2. The molecule has 0 aromatic heterocycles. The molecule has 0 aromatic rings. The number of rotatable bonds is 45. The van der Waals surface area contributed by atoms with E-state index in [0.29, 0.717) is 56.1 Å². The van der Waals surface area contributed by atoms with Crippen molar-refractivity contribution in [3.8, 4) is 0 Å². The van der Waals surface area contributed by atoms with Gasteiger partial charge in [0.05, 0.1) is 13.2 Å². The van der Waals surface area contributed by atoms with E-state index in [0.717, 1.165) is 107 Å². The molecule has 0 amide bonds. The number of aliphatic hydroxyl groups is 4. The number of hydrogen-bond donors (Lipinski definition) is 6. The van der Waals surface area contributed by atoms with Gasteiger partial charge < -0.3 is 44.9 Å². The number of aldehydes is 1. The lowest BCUT2D eigenvalue weighted by atomic mass is 9.97. The van der Waals surface area contributed by atoms with Crippen LogP contribution < -0.4 is 0 Å². The molecule has 0 aromatic carbocycles. The van der Waals surface area contributed by atoms with E-state index in [4.69, 9.17) is 40.1 Å². The molecule has 0 aliphatic carbocycles. The Morgan fingerprint density at radius 2 is 0.645 bits per heavy atom. The number of carboxylic acids is 2. The monoisotopic (exact) mass is 1330 g/mol. The Balaban J connectivity index is -0.000000104. The summed E-state index contributed by atoms with van der Waals surface area (Å²) in [6, 6.07) is 0. The van der Waals surface area contributed by atoms with Crippen LogP contribution in [0.15, 0.2) is 88.1 Å². The van der Waals surface area contributed by atoms with Crippen LogP contribution in [0.1, 0.15) is 285 Å². The summed E-state index contributed by atoms with van der Waals surface area (Å²) in [4.78, 5) is 63.3. The third kappa shape index (κ3) is 93.7. The number of hydrogen-bond acceptors (Lipinski definition) is 12. The summed E-state index contributed by atoms with van der Waals surface area (Å²) in [6.07, 6.45) is 41.4. The average molecular weight is 1330 g/mol. The standard InChI is InChI=1S/C10H16O4.C10H18O.C9H18O2.2C8H16.C7H14O2.3C7H14O.C6H12O2/c1-4-7-8(9(11)13-5-2)10(12)14-6-3;1-4-10(5-2)8-6-7-9(3)11;1-3-8(4-2)6-5-7-9(10)11;2*1-4-7-8(5-2)6-3;1-3-6(4-2)5-7(8)9;1-3-7(4-2)5-6-8;2*1-3-5-7(4-2)6-8;1-2-3-6(4-7)5-8/h4,8H,1,5-7H2,2-3H3;6-7,10H,4-5,8H2,1-3H3;8H,3-7H2,1-2H3,(H,10,11);2*4,8H,1,5-7H2,2-3H3;6H,3-5H2,1-2H3,(H,8,9);6-7H,3-5H2,1-2H3;2*3,7-8H,1,4-6H2,2H3;2,6-8H,1,3-5H2/b;7-6+;;;;;;;;. The van der Waals surface area contributed by atoms with Crippen molar-refractivity contribution in [2.24, 2.45) is 59.2 Å². The first-order chi connectivity index (χ1) is 44.3. The molecule has 14 nitrogen and oxygen atoms in total. The second-order valence-corrected chi connectivity index (χ2v) is 23.0. The molecule has 0 rings (SSSR count). The molecule has 0 fully saturated rings. The zero-order valence-corrected chi connectivity index (χ0v) is 63.3.